The molecule has 3 amide bonds. The Kier molecular flexibility index (Phi) is 5.17. The standard InChI is InChI=1S/C18H18N2O3S/c21-17-11-15(13-24(23)16-9-5-2-6-10-16)20(17)18(22)19-12-14-7-3-1-4-8-14/h1-10,15H,11-13H2,(H,19,22). The fourth-order valence-corrected chi connectivity index (χ4v) is 3.87. The van der Waals surface area contributed by atoms with Crippen LogP contribution in [0.15, 0.2) is 65.6 Å². The molecule has 0 spiro atoms. The first kappa shape index (κ1) is 16.5. The van der Waals surface area contributed by atoms with Gasteiger partial charge in [0.05, 0.1) is 12.5 Å². The minimum Gasteiger partial charge on any atom is -0.611 e. The Morgan fingerprint density at radius 3 is 2.38 bits per heavy atom. The summed E-state index contributed by atoms with van der Waals surface area (Å²) in [6.07, 6.45) is 0.261. The fraction of sp³-hybridized carbons (Fsp3) is 0.222. The van der Waals surface area contributed by atoms with Crippen molar-refractivity contribution in [3.05, 3.63) is 66.2 Å². The molecule has 0 aromatic heterocycles. The second-order valence-electron chi connectivity index (χ2n) is 5.59. The van der Waals surface area contributed by atoms with Crippen LogP contribution in [0.25, 0.3) is 0 Å². The molecular formula is C18H18N2O3S. The van der Waals surface area contributed by atoms with Gasteiger partial charge in [0, 0.05) is 6.54 Å². The van der Waals surface area contributed by atoms with Crippen LogP contribution in [0, 0.1) is 0 Å². The highest BCUT2D eigenvalue weighted by Crippen LogP contribution is 2.24. The fourth-order valence-electron chi connectivity index (χ4n) is 2.60. The van der Waals surface area contributed by atoms with Crippen LogP contribution in [0.4, 0.5) is 4.79 Å². The van der Waals surface area contributed by atoms with Gasteiger partial charge in [-0.25, -0.2) is 4.79 Å². The maximum atomic E-state index is 12.3. The summed E-state index contributed by atoms with van der Waals surface area (Å²) in [5.74, 6) is 0.0461. The number of hydrogen-bond donors (Lipinski definition) is 1. The lowest BCUT2D eigenvalue weighted by atomic mass is 10.1. The van der Waals surface area contributed by atoms with E-state index >= 15 is 0 Å². The summed E-state index contributed by atoms with van der Waals surface area (Å²) in [5, 5.41) is 2.74. The van der Waals surface area contributed by atoms with Crippen LogP contribution in [0.2, 0.25) is 0 Å². The third-order valence-corrected chi connectivity index (χ3v) is 5.38. The molecule has 6 heteroatoms. The number of likely N-dealkylation sites (tertiary alicyclic amines) is 1. The number of benzene rings is 2. The number of rotatable bonds is 5. The van der Waals surface area contributed by atoms with E-state index in [1.54, 1.807) is 12.1 Å². The molecule has 1 N–H and O–H groups in total. The van der Waals surface area contributed by atoms with Crippen LogP contribution < -0.4 is 5.32 Å². The highest BCUT2D eigenvalue weighted by Gasteiger charge is 2.43. The summed E-state index contributed by atoms with van der Waals surface area (Å²) in [7, 11) is 0. The lowest BCUT2D eigenvalue weighted by molar-refractivity contribution is -0.139. The number of hydrogen-bond acceptors (Lipinski definition) is 3. The number of carbonyl (C=O) groups is 2. The molecule has 1 aliphatic rings. The molecule has 5 nitrogen and oxygen atoms in total. The second-order valence-corrected chi connectivity index (χ2v) is 7.09. The molecule has 124 valence electrons. The average Bonchev–Trinajstić information content (AvgIpc) is 2.61. The molecule has 0 radical (unpaired) electrons. The number of β-lactam (4-membered cyclic amide) rings is 1. The Labute approximate surface area is 143 Å². The largest absolute Gasteiger partial charge is 0.611 e. The predicted octanol–water partition coefficient (Wildman–Crippen LogP) is 2.30. The van der Waals surface area contributed by atoms with Gasteiger partial charge in [-0.1, -0.05) is 48.5 Å². The van der Waals surface area contributed by atoms with Crippen molar-refractivity contribution in [2.75, 3.05) is 5.75 Å². The van der Waals surface area contributed by atoms with Crippen molar-refractivity contribution in [3.8, 4) is 0 Å². The van der Waals surface area contributed by atoms with Crippen molar-refractivity contribution in [1.82, 2.24) is 10.2 Å². The summed E-state index contributed by atoms with van der Waals surface area (Å²) >= 11 is -1.23. The molecule has 0 saturated carbocycles. The first-order chi connectivity index (χ1) is 11.6. The van der Waals surface area contributed by atoms with E-state index in [-0.39, 0.29) is 24.1 Å². The minimum atomic E-state index is -1.23. The van der Waals surface area contributed by atoms with Gasteiger partial charge < -0.3 is 9.87 Å². The molecule has 24 heavy (non-hydrogen) atoms. The Hall–Kier alpha value is -2.31. The van der Waals surface area contributed by atoms with E-state index < -0.39 is 17.2 Å². The molecule has 2 aromatic rings. The van der Waals surface area contributed by atoms with Gasteiger partial charge in [-0.15, -0.1) is 0 Å². The average molecular weight is 342 g/mol. The van der Waals surface area contributed by atoms with Crippen LogP contribution in [-0.2, 0) is 22.5 Å². The van der Waals surface area contributed by atoms with Gasteiger partial charge in [0.2, 0.25) is 5.91 Å². The topological polar surface area (TPSA) is 72.5 Å². The van der Waals surface area contributed by atoms with Crippen molar-refractivity contribution in [2.24, 2.45) is 0 Å². The van der Waals surface area contributed by atoms with E-state index in [4.69, 9.17) is 0 Å². The van der Waals surface area contributed by atoms with E-state index in [9.17, 15) is 14.1 Å². The normalized spacial score (nSPS) is 18.0. The number of amides is 3. The molecule has 2 unspecified atom stereocenters. The summed E-state index contributed by atoms with van der Waals surface area (Å²) < 4.78 is 12.3. The van der Waals surface area contributed by atoms with Crippen molar-refractivity contribution in [2.45, 2.75) is 23.9 Å². The van der Waals surface area contributed by atoms with Crippen LogP contribution in [0.5, 0.6) is 0 Å². The summed E-state index contributed by atoms with van der Waals surface area (Å²) in [4.78, 5) is 25.9. The van der Waals surface area contributed by atoms with Crippen molar-refractivity contribution in [3.63, 3.8) is 0 Å². The predicted molar refractivity (Wildman–Crippen MR) is 91.6 cm³/mol. The van der Waals surface area contributed by atoms with Gasteiger partial charge in [0.25, 0.3) is 0 Å². The molecule has 1 aliphatic heterocycles. The van der Waals surface area contributed by atoms with Crippen LogP contribution >= 0.6 is 0 Å². The third kappa shape index (κ3) is 3.77. The summed E-state index contributed by atoms with van der Waals surface area (Å²) in [5.41, 5.74) is 0.961. The summed E-state index contributed by atoms with van der Waals surface area (Å²) in [6.45, 7) is 0.359. The number of nitrogens with one attached hydrogen (secondary N) is 1. The van der Waals surface area contributed by atoms with E-state index in [1.165, 1.54) is 4.90 Å². The zero-order valence-electron chi connectivity index (χ0n) is 13.1. The van der Waals surface area contributed by atoms with Crippen LogP contribution in [0.1, 0.15) is 12.0 Å². The smallest absolute Gasteiger partial charge is 0.324 e. The van der Waals surface area contributed by atoms with E-state index in [1.807, 2.05) is 48.5 Å². The Bertz CT molecular complexity index is 709. The Morgan fingerprint density at radius 1 is 1.12 bits per heavy atom. The van der Waals surface area contributed by atoms with Gasteiger partial charge in [0.15, 0.2) is 4.90 Å². The van der Waals surface area contributed by atoms with Crippen molar-refractivity contribution >= 4 is 23.1 Å². The molecule has 1 fully saturated rings. The quantitative estimate of drug-likeness (QED) is 0.669. The van der Waals surface area contributed by atoms with Gasteiger partial charge in [-0.3, -0.25) is 9.69 Å². The zero-order valence-corrected chi connectivity index (χ0v) is 13.9. The molecule has 0 bridgehead atoms. The highest BCUT2D eigenvalue weighted by atomic mass is 32.2. The lowest BCUT2D eigenvalue weighted by Crippen LogP contribution is -2.60. The zero-order chi connectivity index (χ0) is 16.9. The first-order valence-electron chi connectivity index (χ1n) is 7.72. The number of nitrogens with zero attached hydrogens (tertiary/aromatic N) is 1. The van der Waals surface area contributed by atoms with Crippen molar-refractivity contribution in [1.29, 1.82) is 0 Å². The van der Waals surface area contributed by atoms with Gasteiger partial charge >= 0.3 is 6.03 Å². The van der Waals surface area contributed by atoms with Gasteiger partial charge in [-0.2, -0.15) is 0 Å². The van der Waals surface area contributed by atoms with Crippen LogP contribution in [-0.4, -0.2) is 33.2 Å². The van der Waals surface area contributed by atoms with E-state index in [0.717, 1.165) is 5.56 Å². The lowest BCUT2D eigenvalue weighted by Gasteiger charge is -2.37. The third-order valence-electron chi connectivity index (χ3n) is 3.90. The maximum Gasteiger partial charge on any atom is 0.324 e. The van der Waals surface area contributed by atoms with Gasteiger partial charge in [0.1, 0.15) is 5.75 Å². The molecule has 2 atom stereocenters. The molecule has 0 aliphatic carbocycles. The maximum absolute atomic E-state index is 12.3. The second kappa shape index (κ2) is 7.51. The Morgan fingerprint density at radius 2 is 1.75 bits per heavy atom. The van der Waals surface area contributed by atoms with Crippen LogP contribution in [0.3, 0.4) is 0 Å². The SMILES string of the molecule is O=C1CC(C[S+]([O-])c2ccccc2)N1C(=O)NCc1ccccc1. The molecule has 1 heterocycles. The molecular weight excluding hydrogens is 324 g/mol. The minimum absolute atomic E-state index is 0.226. The summed E-state index contributed by atoms with van der Waals surface area (Å²) in [6, 6.07) is 17.8. The Balaban J connectivity index is 1.56. The first-order valence-corrected chi connectivity index (χ1v) is 9.04. The number of imide groups is 1. The monoisotopic (exact) mass is 342 g/mol. The highest BCUT2D eigenvalue weighted by molar-refractivity contribution is 7.91. The molecule has 3 rings (SSSR count). The number of carbonyl (C=O) groups excluding carboxylic acids is 2. The van der Waals surface area contributed by atoms with Gasteiger partial charge in [-0.05, 0) is 28.9 Å². The van der Waals surface area contributed by atoms with Crippen molar-refractivity contribution < 1.29 is 14.1 Å². The molecule has 1 saturated heterocycles. The van der Waals surface area contributed by atoms with E-state index in [0.29, 0.717) is 11.4 Å². The van der Waals surface area contributed by atoms with E-state index in [2.05, 4.69) is 5.32 Å². The number of urea groups is 1. The molecule has 2 aromatic carbocycles.